The van der Waals surface area contributed by atoms with Crippen LogP contribution in [0.1, 0.15) is 45.0 Å². The average molecular weight is 306 g/mol. The average Bonchev–Trinajstić information content (AvgIpc) is 2.37. The van der Waals surface area contributed by atoms with E-state index in [1.54, 1.807) is 11.0 Å². The fraction of sp³-hybridized carbons (Fsp3) is 0.500. The van der Waals surface area contributed by atoms with Gasteiger partial charge in [0.15, 0.2) is 0 Å². The van der Waals surface area contributed by atoms with Gasteiger partial charge in [0.2, 0.25) is 0 Å². The smallest absolute Gasteiger partial charge is 0.415 e. The monoisotopic (exact) mass is 306 g/mol. The molecule has 1 aromatic rings. The maximum absolute atomic E-state index is 12.5. The standard InChI is InChI=1S/C16H22N2O4/c1-9-10(2)18(15(21)22-16(3,4)5)13-7-6-11(14(19)20)8-12(13)17-9/h6-10,17H,1-5H3,(H,19,20). The fourth-order valence-electron chi connectivity index (χ4n) is 2.38. The first kappa shape index (κ1) is 16.1. The Bertz CT molecular complexity index is 607. The normalized spacial score (nSPS) is 20.9. The largest absolute Gasteiger partial charge is 0.478 e. The number of fused-ring (bicyclic) bond motifs is 1. The first-order chi connectivity index (χ1) is 10.1. The molecule has 0 spiro atoms. The first-order valence-corrected chi connectivity index (χ1v) is 7.26. The summed E-state index contributed by atoms with van der Waals surface area (Å²) in [6.07, 6.45) is -0.433. The molecule has 1 amide bonds. The van der Waals surface area contributed by atoms with Gasteiger partial charge in [-0.05, 0) is 52.8 Å². The van der Waals surface area contributed by atoms with E-state index in [4.69, 9.17) is 9.84 Å². The molecule has 22 heavy (non-hydrogen) atoms. The van der Waals surface area contributed by atoms with Crippen LogP contribution >= 0.6 is 0 Å². The minimum Gasteiger partial charge on any atom is -0.478 e. The lowest BCUT2D eigenvalue weighted by atomic mass is 10.0. The van der Waals surface area contributed by atoms with Crippen LogP contribution in [-0.2, 0) is 4.74 Å². The van der Waals surface area contributed by atoms with Gasteiger partial charge in [-0.2, -0.15) is 0 Å². The third kappa shape index (κ3) is 3.16. The van der Waals surface area contributed by atoms with E-state index in [2.05, 4.69) is 5.32 Å². The Morgan fingerprint density at radius 1 is 1.27 bits per heavy atom. The van der Waals surface area contributed by atoms with E-state index in [0.717, 1.165) is 0 Å². The number of carboxylic acids is 1. The number of rotatable bonds is 1. The molecule has 1 aliphatic rings. The molecule has 2 atom stereocenters. The van der Waals surface area contributed by atoms with E-state index in [1.165, 1.54) is 12.1 Å². The summed E-state index contributed by atoms with van der Waals surface area (Å²) in [5.74, 6) is -1.00. The van der Waals surface area contributed by atoms with Crippen molar-refractivity contribution in [2.45, 2.75) is 52.3 Å². The van der Waals surface area contributed by atoms with Crippen LogP contribution in [0.15, 0.2) is 18.2 Å². The summed E-state index contributed by atoms with van der Waals surface area (Å²) in [6.45, 7) is 9.31. The van der Waals surface area contributed by atoms with Crippen molar-refractivity contribution >= 4 is 23.4 Å². The Kier molecular flexibility index (Phi) is 4.04. The summed E-state index contributed by atoms with van der Waals surface area (Å²) in [6, 6.07) is 4.53. The summed E-state index contributed by atoms with van der Waals surface area (Å²) in [7, 11) is 0. The van der Waals surface area contributed by atoms with E-state index in [9.17, 15) is 9.59 Å². The molecule has 0 fully saturated rings. The van der Waals surface area contributed by atoms with Crippen LogP contribution in [0.5, 0.6) is 0 Å². The number of hydrogen-bond acceptors (Lipinski definition) is 4. The number of carboxylic acid groups (broad SMARTS) is 1. The molecule has 2 rings (SSSR count). The minimum absolute atomic E-state index is 0.0240. The molecular formula is C16H22N2O4. The number of anilines is 2. The quantitative estimate of drug-likeness (QED) is 0.832. The predicted molar refractivity (Wildman–Crippen MR) is 84.7 cm³/mol. The summed E-state index contributed by atoms with van der Waals surface area (Å²) in [4.78, 5) is 25.2. The Hall–Kier alpha value is -2.24. The minimum atomic E-state index is -1.00. The lowest BCUT2D eigenvalue weighted by Crippen LogP contribution is -2.52. The molecule has 0 bridgehead atoms. The number of hydrogen-bond donors (Lipinski definition) is 2. The maximum atomic E-state index is 12.5. The van der Waals surface area contributed by atoms with Crippen LogP contribution in [0, 0.1) is 0 Å². The van der Waals surface area contributed by atoms with Crippen molar-refractivity contribution in [1.82, 2.24) is 0 Å². The second kappa shape index (κ2) is 5.51. The van der Waals surface area contributed by atoms with Crippen molar-refractivity contribution < 1.29 is 19.4 Å². The van der Waals surface area contributed by atoms with E-state index in [0.29, 0.717) is 11.4 Å². The molecule has 0 saturated heterocycles. The van der Waals surface area contributed by atoms with Gasteiger partial charge in [0.25, 0.3) is 0 Å². The van der Waals surface area contributed by atoms with Crippen molar-refractivity contribution in [1.29, 1.82) is 0 Å². The van der Waals surface area contributed by atoms with Crippen LogP contribution in [0.25, 0.3) is 0 Å². The zero-order valence-corrected chi connectivity index (χ0v) is 13.5. The van der Waals surface area contributed by atoms with E-state index in [-0.39, 0.29) is 17.6 Å². The molecule has 1 heterocycles. The topological polar surface area (TPSA) is 78.9 Å². The van der Waals surface area contributed by atoms with Gasteiger partial charge in [-0.25, -0.2) is 9.59 Å². The van der Waals surface area contributed by atoms with E-state index >= 15 is 0 Å². The zero-order valence-electron chi connectivity index (χ0n) is 13.5. The van der Waals surface area contributed by atoms with Crippen molar-refractivity contribution in [2.75, 3.05) is 10.2 Å². The maximum Gasteiger partial charge on any atom is 0.415 e. The highest BCUT2D eigenvalue weighted by molar-refractivity contribution is 5.97. The second-order valence-electron chi connectivity index (χ2n) is 6.56. The van der Waals surface area contributed by atoms with Crippen molar-refractivity contribution in [2.24, 2.45) is 0 Å². The Labute approximate surface area is 130 Å². The van der Waals surface area contributed by atoms with Crippen LogP contribution in [0.3, 0.4) is 0 Å². The molecule has 0 aromatic heterocycles. The Balaban J connectivity index is 2.43. The number of nitrogens with one attached hydrogen (secondary N) is 1. The number of aromatic carboxylic acids is 1. The molecular weight excluding hydrogens is 284 g/mol. The molecule has 2 unspecified atom stereocenters. The van der Waals surface area contributed by atoms with Crippen molar-refractivity contribution in [3.8, 4) is 0 Å². The van der Waals surface area contributed by atoms with Gasteiger partial charge in [0.1, 0.15) is 5.60 Å². The molecule has 0 radical (unpaired) electrons. The number of nitrogens with zero attached hydrogens (tertiary/aromatic N) is 1. The van der Waals surface area contributed by atoms with Crippen molar-refractivity contribution in [3.63, 3.8) is 0 Å². The van der Waals surface area contributed by atoms with Gasteiger partial charge in [0.05, 0.1) is 23.0 Å². The van der Waals surface area contributed by atoms with Crippen LogP contribution < -0.4 is 10.2 Å². The Morgan fingerprint density at radius 2 is 1.91 bits per heavy atom. The molecule has 6 heteroatoms. The molecule has 2 N–H and O–H groups in total. The van der Waals surface area contributed by atoms with Crippen LogP contribution in [-0.4, -0.2) is 34.9 Å². The molecule has 1 aromatic carbocycles. The van der Waals surface area contributed by atoms with Gasteiger partial charge < -0.3 is 15.2 Å². The molecule has 0 aliphatic carbocycles. The first-order valence-electron chi connectivity index (χ1n) is 7.26. The van der Waals surface area contributed by atoms with Gasteiger partial charge in [0, 0.05) is 6.04 Å². The lowest BCUT2D eigenvalue weighted by Gasteiger charge is -2.40. The van der Waals surface area contributed by atoms with Crippen LogP contribution in [0.2, 0.25) is 0 Å². The number of benzene rings is 1. The highest BCUT2D eigenvalue weighted by Gasteiger charge is 2.35. The lowest BCUT2D eigenvalue weighted by molar-refractivity contribution is 0.0563. The fourth-order valence-corrected chi connectivity index (χ4v) is 2.38. The second-order valence-corrected chi connectivity index (χ2v) is 6.56. The number of carbonyl (C=O) groups is 2. The zero-order chi connectivity index (χ0) is 16.7. The van der Waals surface area contributed by atoms with Gasteiger partial charge in [-0.15, -0.1) is 0 Å². The SMILES string of the molecule is CC1Nc2cc(C(=O)O)ccc2N(C(=O)OC(C)(C)C)C1C. The summed E-state index contributed by atoms with van der Waals surface area (Å²) >= 11 is 0. The molecule has 120 valence electrons. The highest BCUT2D eigenvalue weighted by atomic mass is 16.6. The third-order valence-corrected chi connectivity index (χ3v) is 3.61. The number of amides is 1. The summed E-state index contributed by atoms with van der Waals surface area (Å²) < 4.78 is 5.47. The van der Waals surface area contributed by atoms with Crippen LogP contribution in [0.4, 0.5) is 16.2 Å². The van der Waals surface area contributed by atoms with E-state index in [1.807, 2.05) is 34.6 Å². The third-order valence-electron chi connectivity index (χ3n) is 3.61. The molecule has 1 aliphatic heterocycles. The summed E-state index contributed by atoms with van der Waals surface area (Å²) in [5.41, 5.74) is 0.838. The number of carbonyl (C=O) groups excluding carboxylic acids is 1. The highest BCUT2D eigenvalue weighted by Crippen LogP contribution is 2.35. The predicted octanol–water partition coefficient (Wildman–Crippen LogP) is 3.33. The van der Waals surface area contributed by atoms with E-state index < -0.39 is 17.7 Å². The molecule has 6 nitrogen and oxygen atoms in total. The van der Waals surface area contributed by atoms with Gasteiger partial charge >= 0.3 is 12.1 Å². The number of ether oxygens (including phenoxy) is 1. The Morgan fingerprint density at radius 3 is 2.45 bits per heavy atom. The van der Waals surface area contributed by atoms with Gasteiger partial charge in [-0.1, -0.05) is 0 Å². The summed E-state index contributed by atoms with van der Waals surface area (Å²) in [5, 5.41) is 12.3. The molecule has 0 saturated carbocycles. The van der Waals surface area contributed by atoms with Crippen molar-refractivity contribution in [3.05, 3.63) is 23.8 Å². The van der Waals surface area contributed by atoms with Gasteiger partial charge in [-0.3, -0.25) is 4.90 Å².